The first-order valence-corrected chi connectivity index (χ1v) is 11.3. The van der Waals surface area contributed by atoms with Gasteiger partial charge in [-0.05, 0) is 78.5 Å². The van der Waals surface area contributed by atoms with Gasteiger partial charge in [0.1, 0.15) is 0 Å². The number of fused-ring (bicyclic) bond motifs is 3. The van der Waals surface area contributed by atoms with E-state index in [-0.39, 0.29) is 17.1 Å². The van der Waals surface area contributed by atoms with Crippen LogP contribution in [0.2, 0.25) is 0 Å². The Kier molecular flexibility index (Phi) is 4.22. The van der Waals surface area contributed by atoms with Crippen LogP contribution in [0.5, 0.6) is 0 Å². The van der Waals surface area contributed by atoms with Crippen LogP contribution in [0.1, 0.15) is 51.0 Å². The highest BCUT2D eigenvalue weighted by Gasteiger charge is 2.32. The summed E-state index contributed by atoms with van der Waals surface area (Å²) < 4.78 is 19.5. The minimum absolute atomic E-state index is 0.146. The van der Waals surface area contributed by atoms with Crippen LogP contribution in [0.25, 0.3) is 0 Å². The summed E-state index contributed by atoms with van der Waals surface area (Å²) in [5.74, 6) is -0.535. The molecule has 0 saturated carbocycles. The number of amides is 3. The van der Waals surface area contributed by atoms with E-state index < -0.39 is 21.9 Å². The van der Waals surface area contributed by atoms with Gasteiger partial charge in [-0.3, -0.25) is 9.52 Å². The van der Waals surface area contributed by atoms with E-state index >= 15 is 0 Å². The Hall–Kier alpha value is -2.71. The Balaban J connectivity index is 1.54. The highest BCUT2D eigenvalue weighted by atomic mass is 32.2. The number of carbonyl (C=O) groups excluding carboxylic acids is 2. The molecule has 0 bridgehead atoms. The van der Waals surface area contributed by atoms with Crippen LogP contribution >= 0.6 is 0 Å². The fraction of sp³-hybridized carbons (Fsp3) is 0.333. The zero-order valence-electron chi connectivity index (χ0n) is 15.8. The second kappa shape index (κ2) is 6.67. The van der Waals surface area contributed by atoms with E-state index in [0.29, 0.717) is 5.56 Å². The molecule has 1 atom stereocenters. The summed E-state index contributed by atoms with van der Waals surface area (Å²) in [5, 5.41) is 12.2. The smallest absolute Gasteiger partial charge is 0.355 e. The van der Waals surface area contributed by atoms with Crippen molar-refractivity contribution in [3.8, 4) is 0 Å². The van der Waals surface area contributed by atoms with Crippen molar-refractivity contribution in [1.29, 1.82) is 0 Å². The Morgan fingerprint density at radius 1 is 1.10 bits per heavy atom. The van der Waals surface area contributed by atoms with Crippen molar-refractivity contribution in [2.45, 2.75) is 50.0 Å². The van der Waals surface area contributed by atoms with Crippen LogP contribution in [0, 0.1) is 0 Å². The molecule has 5 rings (SSSR count). The minimum atomic E-state index is -3.44. The van der Waals surface area contributed by atoms with Gasteiger partial charge in [0.15, 0.2) is 9.92 Å². The van der Waals surface area contributed by atoms with Gasteiger partial charge in [0.05, 0.1) is 17.1 Å². The Morgan fingerprint density at radius 3 is 2.45 bits per heavy atom. The van der Waals surface area contributed by atoms with Crippen LogP contribution in [-0.4, -0.2) is 21.3 Å². The lowest BCUT2D eigenvalue weighted by molar-refractivity contribution is 0.0985. The van der Waals surface area contributed by atoms with Crippen molar-refractivity contribution in [1.82, 2.24) is 4.72 Å². The Labute approximate surface area is 168 Å². The van der Waals surface area contributed by atoms with Gasteiger partial charge in [-0.2, -0.15) is 0 Å². The maximum absolute atomic E-state index is 13.3. The van der Waals surface area contributed by atoms with Gasteiger partial charge in [-0.25, -0.2) is 9.00 Å². The van der Waals surface area contributed by atoms with Crippen LogP contribution in [0.3, 0.4) is 0 Å². The Morgan fingerprint density at radius 2 is 1.79 bits per heavy atom. The lowest BCUT2D eigenvalue weighted by atomic mass is 9.99. The molecule has 0 radical (unpaired) electrons. The standard InChI is InChI=1S/C21H21N3O4S/c25-11-12-7-8-17-18(9-12)29(28,23-20(17)26)24-21(27)22-19-15-5-1-3-13(15)10-14-4-2-6-16(14)19/h7-10,25H,1-6,11H2,(H2,22,23,24,26,27,28). The molecule has 29 heavy (non-hydrogen) atoms. The number of aryl methyl sites for hydroxylation is 2. The molecule has 1 heterocycles. The van der Waals surface area contributed by atoms with E-state index in [2.05, 4.69) is 20.5 Å². The average molecular weight is 411 g/mol. The molecule has 2 aliphatic carbocycles. The first kappa shape index (κ1) is 18.3. The predicted octanol–water partition coefficient (Wildman–Crippen LogP) is 2.87. The second-order valence-corrected chi connectivity index (χ2v) is 9.58. The molecule has 2 aromatic carbocycles. The molecule has 1 aliphatic heterocycles. The van der Waals surface area contributed by atoms with Gasteiger partial charge in [0, 0.05) is 5.69 Å². The number of carbonyl (C=O) groups is 2. The molecule has 7 nitrogen and oxygen atoms in total. The van der Waals surface area contributed by atoms with Crippen molar-refractivity contribution < 1.29 is 18.9 Å². The predicted molar refractivity (Wildman–Crippen MR) is 108 cm³/mol. The first-order chi connectivity index (χ1) is 14.0. The average Bonchev–Trinajstić information content (AvgIpc) is 3.40. The van der Waals surface area contributed by atoms with Crippen molar-refractivity contribution in [2.24, 2.45) is 4.36 Å². The van der Waals surface area contributed by atoms with Crippen molar-refractivity contribution in [3.05, 3.63) is 57.6 Å². The molecule has 3 aliphatic rings. The Bertz CT molecular complexity index is 1160. The number of benzene rings is 2. The molecule has 3 amide bonds. The van der Waals surface area contributed by atoms with Gasteiger partial charge in [-0.15, -0.1) is 4.36 Å². The normalized spacial score (nSPS) is 21.3. The third-order valence-electron chi connectivity index (χ3n) is 5.92. The third kappa shape index (κ3) is 2.94. The largest absolute Gasteiger partial charge is 0.392 e. The quantitative estimate of drug-likeness (QED) is 0.706. The van der Waals surface area contributed by atoms with E-state index in [4.69, 9.17) is 0 Å². The van der Waals surface area contributed by atoms with Crippen LogP contribution < -0.4 is 10.0 Å². The summed E-state index contributed by atoms with van der Waals surface area (Å²) in [6.07, 6.45) is 5.95. The SMILES string of the molecule is O=C(N=S1(=O)NC(=O)c2ccc(CO)cc21)Nc1c2c(cc3c1CCC3)CCC2. The summed E-state index contributed by atoms with van der Waals surface area (Å²) in [6, 6.07) is 6.08. The van der Waals surface area contributed by atoms with Crippen LogP contribution in [0.4, 0.5) is 10.5 Å². The lowest BCUT2D eigenvalue weighted by Gasteiger charge is -2.15. The summed E-state index contributed by atoms with van der Waals surface area (Å²) in [4.78, 5) is 25.1. The first-order valence-electron chi connectivity index (χ1n) is 9.79. The topological polar surface area (TPSA) is 108 Å². The van der Waals surface area contributed by atoms with Gasteiger partial charge in [0.25, 0.3) is 5.91 Å². The molecule has 0 saturated heterocycles. The monoisotopic (exact) mass is 411 g/mol. The van der Waals surface area contributed by atoms with Crippen LogP contribution in [-0.2, 0) is 42.2 Å². The molecule has 2 aromatic rings. The molecule has 0 aromatic heterocycles. The van der Waals surface area contributed by atoms with E-state index in [0.717, 1.165) is 55.3 Å². The van der Waals surface area contributed by atoms with E-state index in [1.165, 1.54) is 23.3 Å². The van der Waals surface area contributed by atoms with Gasteiger partial charge in [-0.1, -0.05) is 12.1 Å². The van der Waals surface area contributed by atoms with Crippen LogP contribution in [0.15, 0.2) is 33.5 Å². The fourth-order valence-corrected chi connectivity index (χ4v) is 6.27. The van der Waals surface area contributed by atoms with E-state index in [1.807, 2.05) is 0 Å². The second-order valence-electron chi connectivity index (χ2n) is 7.70. The number of urea groups is 1. The number of nitrogens with one attached hydrogen (secondary N) is 2. The molecule has 1 unspecified atom stereocenters. The highest BCUT2D eigenvalue weighted by molar-refractivity contribution is 7.93. The number of aliphatic hydroxyl groups is 1. The molecular formula is C21H21N3O4S. The van der Waals surface area contributed by atoms with Gasteiger partial charge < -0.3 is 10.4 Å². The molecule has 8 heteroatoms. The molecule has 0 spiro atoms. The van der Waals surface area contributed by atoms with E-state index in [9.17, 15) is 18.9 Å². The number of anilines is 1. The van der Waals surface area contributed by atoms with E-state index in [1.54, 1.807) is 6.07 Å². The summed E-state index contributed by atoms with van der Waals surface area (Å²) in [7, 11) is -3.44. The number of hydrogen-bond acceptors (Lipinski definition) is 4. The van der Waals surface area contributed by atoms with Crippen molar-refractivity contribution in [2.75, 3.05) is 5.32 Å². The van der Waals surface area contributed by atoms with Crippen molar-refractivity contribution in [3.63, 3.8) is 0 Å². The van der Waals surface area contributed by atoms with Gasteiger partial charge >= 0.3 is 6.03 Å². The molecule has 150 valence electrons. The molecule has 3 N–H and O–H groups in total. The number of hydrogen-bond donors (Lipinski definition) is 3. The zero-order chi connectivity index (χ0) is 20.2. The zero-order valence-corrected chi connectivity index (χ0v) is 16.6. The number of rotatable bonds is 2. The van der Waals surface area contributed by atoms with Crippen molar-refractivity contribution >= 4 is 27.5 Å². The van der Waals surface area contributed by atoms with Gasteiger partial charge in [0.2, 0.25) is 0 Å². The lowest BCUT2D eigenvalue weighted by Crippen LogP contribution is -2.23. The number of nitrogens with zero attached hydrogens (tertiary/aromatic N) is 1. The summed E-state index contributed by atoms with van der Waals surface area (Å²) >= 11 is 0. The molecule has 0 fully saturated rings. The summed E-state index contributed by atoms with van der Waals surface area (Å²) in [6.45, 7) is -0.258. The number of aliphatic hydroxyl groups excluding tert-OH is 1. The maximum Gasteiger partial charge on any atom is 0.355 e. The maximum atomic E-state index is 13.3. The summed E-state index contributed by atoms with van der Waals surface area (Å²) in [5.41, 5.74) is 6.39. The molecular weight excluding hydrogens is 390 g/mol. The minimum Gasteiger partial charge on any atom is -0.392 e. The highest BCUT2D eigenvalue weighted by Crippen LogP contribution is 2.38. The fourth-order valence-electron chi connectivity index (χ4n) is 4.60. The third-order valence-corrected chi connectivity index (χ3v) is 7.74.